The molecule has 0 bridgehead atoms. The van der Waals surface area contributed by atoms with Crippen LogP contribution in [0.2, 0.25) is 0 Å². The molecule has 0 radical (unpaired) electrons. The minimum absolute atomic E-state index is 0.000611. The van der Waals surface area contributed by atoms with Crippen molar-refractivity contribution in [3.05, 3.63) is 11.6 Å². The fourth-order valence-corrected chi connectivity index (χ4v) is 7.90. The van der Waals surface area contributed by atoms with Crippen LogP contribution < -0.4 is 0 Å². The minimum atomic E-state index is -0.758. The van der Waals surface area contributed by atoms with Crippen molar-refractivity contribution < 1.29 is 24.6 Å². The number of fused-ring (bicyclic) bond motifs is 5. The van der Waals surface area contributed by atoms with Gasteiger partial charge in [-0.25, -0.2) is 0 Å². The number of ketones is 3. The first-order valence-electron chi connectivity index (χ1n) is 12.6. The third-order valence-electron chi connectivity index (χ3n) is 10.1. The van der Waals surface area contributed by atoms with Crippen LogP contribution in [0.25, 0.3) is 0 Å². The maximum atomic E-state index is 13.8. The van der Waals surface area contributed by atoms with E-state index in [1.807, 2.05) is 20.8 Å². The van der Waals surface area contributed by atoms with Gasteiger partial charge in [0.15, 0.2) is 0 Å². The fourth-order valence-electron chi connectivity index (χ4n) is 7.90. The highest BCUT2D eigenvalue weighted by atomic mass is 16.3. The summed E-state index contributed by atoms with van der Waals surface area (Å²) in [6, 6.07) is 0. The quantitative estimate of drug-likeness (QED) is 0.606. The monoisotopic (exact) mass is 444 g/mol. The lowest BCUT2D eigenvalue weighted by molar-refractivity contribution is -0.151. The van der Waals surface area contributed by atoms with Crippen molar-refractivity contribution in [3.63, 3.8) is 0 Å². The van der Waals surface area contributed by atoms with Crippen molar-refractivity contribution in [2.24, 2.45) is 46.3 Å². The Bertz CT molecular complexity index is 830. The zero-order valence-corrected chi connectivity index (χ0v) is 20.1. The molecule has 0 aliphatic heterocycles. The maximum Gasteiger partial charge on any atom is 0.140 e. The van der Waals surface area contributed by atoms with Gasteiger partial charge < -0.3 is 10.2 Å². The lowest BCUT2D eigenvalue weighted by Crippen LogP contribution is -2.55. The average Bonchev–Trinajstić information content (AvgIpc) is 3.04. The summed E-state index contributed by atoms with van der Waals surface area (Å²) in [6.45, 7) is 8.04. The number of allylic oxidation sites excluding steroid dienone is 1. The first-order valence-corrected chi connectivity index (χ1v) is 12.6. The summed E-state index contributed by atoms with van der Waals surface area (Å²) in [5.41, 5.74) is 0.477. The van der Waals surface area contributed by atoms with E-state index in [-0.39, 0.29) is 59.1 Å². The molecule has 3 saturated carbocycles. The summed E-state index contributed by atoms with van der Waals surface area (Å²) < 4.78 is 0. The molecule has 5 nitrogen and oxygen atoms in total. The SMILES string of the molecule is CC(CO)CCC(=O)C(C)C1C(=O)CC2C3CC=C4CC(O)CCC4(C)C3CC(=O)C21C. The molecule has 0 aromatic rings. The van der Waals surface area contributed by atoms with Crippen molar-refractivity contribution in [3.8, 4) is 0 Å². The largest absolute Gasteiger partial charge is 0.396 e. The molecule has 5 heteroatoms. The normalized spacial score (nSPS) is 43.1. The Morgan fingerprint density at radius 3 is 2.56 bits per heavy atom. The summed E-state index contributed by atoms with van der Waals surface area (Å²) in [5, 5.41) is 19.4. The molecule has 32 heavy (non-hydrogen) atoms. The molecular formula is C27H40O5. The van der Waals surface area contributed by atoms with E-state index in [9.17, 15) is 24.6 Å². The maximum absolute atomic E-state index is 13.8. The Labute approximate surface area is 192 Å². The van der Waals surface area contributed by atoms with E-state index < -0.39 is 17.3 Å². The van der Waals surface area contributed by atoms with Crippen LogP contribution in [0, 0.1) is 46.3 Å². The van der Waals surface area contributed by atoms with Gasteiger partial charge in [0.05, 0.1) is 6.10 Å². The van der Waals surface area contributed by atoms with E-state index in [0.717, 1.165) is 19.3 Å². The Hall–Kier alpha value is -1.33. The van der Waals surface area contributed by atoms with E-state index >= 15 is 0 Å². The number of rotatable bonds is 6. The Morgan fingerprint density at radius 2 is 1.88 bits per heavy atom. The van der Waals surface area contributed by atoms with Gasteiger partial charge in [0, 0.05) is 43.1 Å². The number of aliphatic hydroxyl groups is 2. The van der Waals surface area contributed by atoms with Crippen LogP contribution in [0.15, 0.2) is 11.6 Å². The molecule has 0 aromatic heterocycles. The second kappa shape index (κ2) is 8.47. The highest BCUT2D eigenvalue weighted by Gasteiger charge is 2.66. The van der Waals surface area contributed by atoms with Crippen LogP contribution in [-0.2, 0) is 14.4 Å². The third-order valence-corrected chi connectivity index (χ3v) is 10.1. The van der Waals surface area contributed by atoms with E-state index in [1.165, 1.54) is 5.57 Å². The molecule has 2 N–H and O–H groups in total. The van der Waals surface area contributed by atoms with Gasteiger partial charge in [-0.15, -0.1) is 0 Å². The van der Waals surface area contributed by atoms with Gasteiger partial charge in [0.2, 0.25) is 0 Å². The van der Waals surface area contributed by atoms with E-state index in [0.29, 0.717) is 32.1 Å². The summed E-state index contributed by atoms with van der Waals surface area (Å²) in [4.78, 5) is 40.1. The molecule has 3 fully saturated rings. The zero-order valence-electron chi connectivity index (χ0n) is 20.1. The average molecular weight is 445 g/mol. The number of carbonyl (C=O) groups is 3. The van der Waals surface area contributed by atoms with Crippen molar-refractivity contribution in [2.45, 2.75) is 85.2 Å². The van der Waals surface area contributed by atoms with Crippen LogP contribution in [0.5, 0.6) is 0 Å². The minimum Gasteiger partial charge on any atom is -0.396 e. The van der Waals surface area contributed by atoms with Gasteiger partial charge in [-0.2, -0.15) is 0 Å². The molecule has 0 amide bonds. The van der Waals surface area contributed by atoms with Gasteiger partial charge in [-0.05, 0) is 61.2 Å². The number of Topliss-reactive ketones (excluding diaryl/α,β-unsaturated/α-hetero) is 3. The van der Waals surface area contributed by atoms with E-state index in [1.54, 1.807) is 0 Å². The number of hydrogen-bond donors (Lipinski definition) is 2. The second-order valence-electron chi connectivity index (χ2n) is 11.8. The smallest absolute Gasteiger partial charge is 0.140 e. The molecule has 0 spiro atoms. The fraction of sp³-hybridized carbons (Fsp3) is 0.815. The Balaban J connectivity index is 1.60. The van der Waals surface area contributed by atoms with Crippen molar-refractivity contribution in [1.29, 1.82) is 0 Å². The predicted octanol–water partition coefficient (Wildman–Crippen LogP) is 3.90. The molecule has 9 atom stereocenters. The lowest BCUT2D eigenvalue weighted by Gasteiger charge is -2.57. The van der Waals surface area contributed by atoms with Gasteiger partial charge in [0.1, 0.15) is 17.3 Å². The molecule has 0 saturated heterocycles. The highest BCUT2D eigenvalue weighted by Crippen LogP contribution is 2.65. The van der Waals surface area contributed by atoms with Gasteiger partial charge in [0.25, 0.3) is 0 Å². The van der Waals surface area contributed by atoms with Crippen LogP contribution in [-0.4, -0.2) is 40.3 Å². The molecule has 178 valence electrons. The summed E-state index contributed by atoms with van der Waals surface area (Å²) in [7, 11) is 0. The van der Waals surface area contributed by atoms with Crippen LogP contribution in [0.3, 0.4) is 0 Å². The number of aliphatic hydroxyl groups excluding tert-OH is 2. The topological polar surface area (TPSA) is 91.7 Å². The summed E-state index contributed by atoms with van der Waals surface area (Å²) >= 11 is 0. The molecule has 4 rings (SSSR count). The summed E-state index contributed by atoms with van der Waals surface area (Å²) in [6.07, 6.45) is 7.09. The van der Waals surface area contributed by atoms with Crippen molar-refractivity contribution in [1.82, 2.24) is 0 Å². The molecular weight excluding hydrogens is 404 g/mol. The Kier molecular flexibility index (Phi) is 6.30. The van der Waals surface area contributed by atoms with E-state index in [4.69, 9.17) is 0 Å². The van der Waals surface area contributed by atoms with E-state index in [2.05, 4.69) is 13.0 Å². The molecule has 4 aliphatic rings. The number of hydrogen-bond acceptors (Lipinski definition) is 5. The molecule has 0 heterocycles. The van der Waals surface area contributed by atoms with Gasteiger partial charge >= 0.3 is 0 Å². The van der Waals surface area contributed by atoms with Gasteiger partial charge in [-0.1, -0.05) is 39.3 Å². The molecule has 9 unspecified atom stereocenters. The molecule has 4 aliphatic carbocycles. The highest BCUT2D eigenvalue weighted by molar-refractivity contribution is 6.00. The summed E-state index contributed by atoms with van der Waals surface area (Å²) in [5.74, 6) is -0.125. The predicted molar refractivity (Wildman–Crippen MR) is 122 cm³/mol. The standard InChI is InChI=1S/C27H40O5/c1-15(14-28)5-8-22(30)16(2)25-23(31)12-21-19-7-6-17-11-18(29)9-10-26(17,3)20(19)13-24(32)27(21,25)4/h6,15-16,18-21,25,28-29H,5,7-14H2,1-4H3. The molecule has 0 aromatic carbocycles. The third kappa shape index (κ3) is 3.55. The number of carbonyl (C=O) groups excluding carboxylic acids is 3. The second-order valence-corrected chi connectivity index (χ2v) is 11.8. The van der Waals surface area contributed by atoms with Crippen molar-refractivity contribution >= 4 is 17.3 Å². The van der Waals surface area contributed by atoms with Crippen LogP contribution in [0.4, 0.5) is 0 Å². The van der Waals surface area contributed by atoms with Crippen molar-refractivity contribution in [2.75, 3.05) is 6.61 Å². The van der Waals surface area contributed by atoms with Crippen LogP contribution in [0.1, 0.15) is 79.1 Å². The zero-order chi connectivity index (χ0) is 23.4. The lowest BCUT2D eigenvalue weighted by atomic mass is 9.46. The Morgan fingerprint density at radius 1 is 1.16 bits per heavy atom. The first kappa shape index (κ1) is 23.8. The van der Waals surface area contributed by atoms with Gasteiger partial charge in [-0.3, -0.25) is 14.4 Å². The van der Waals surface area contributed by atoms with Crippen LogP contribution >= 0.6 is 0 Å². The first-order chi connectivity index (χ1) is 15.0.